The smallest absolute Gasteiger partial charge is 0.293 e. The molecule has 1 saturated heterocycles. The number of nitro benzene ring substituents is 1. The van der Waals surface area contributed by atoms with Crippen LogP contribution in [-0.4, -0.2) is 74.5 Å². The van der Waals surface area contributed by atoms with E-state index < -0.39 is 14.9 Å². The number of hydrogen-bond donors (Lipinski definition) is 1. The van der Waals surface area contributed by atoms with Crippen molar-refractivity contribution >= 4 is 21.4 Å². The van der Waals surface area contributed by atoms with Crippen molar-refractivity contribution in [3.63, 3.8) is 0 Å². The minimum Gasteiger partial charge on any atom is -0.379 e. The molecule has 0 saturated carbocycles. The van der Waals surface area contributed by atoms with E-state index in [1.165, 1.54) is 16.4 Å². The predicted octanol–water partition coefficient (Wildman–Crippen LogP) is 2.73. The lowest BCUT2D eigenvalue weighted by Crippen LogP contribution is -2.43. The van der Waals surface area contributed by atoms with Crippen LogP contribution in [0.1, 0.15) is 13.8 Å². The maximum Gasteiger partial charge on any atom is 0.293 e. The largest absolute Gasteiger partial charge is 0.379 e. The molecule has 1 aliphatic rings. The van der Waals surface area contributed by atoms with Crippen molar-refractivity contribution in [2.45, 2.75) is 24.8 Å². The Labute approximate surface area is 184 Å². The minimum absolute atomic E-state index is 0.0763. The highest BCUT2D eigenvalue weighted by atomic mass is 32.2. The zero-order valence-electron chi connectivity index (χ0n) is 18.2. The molecule has 1 unspecified atom stereocenters. The molecule has 31 heavy (non-hydrogen) atoms. The molecule has 0 aromatic heterocycles. The lowest BCUT2D eigenvalue weighted by atomic mass is 10.0. The summed E-state index contributed by atoms with van der Waals surface area (Å²) < 4.78 is 32.2. The normalized spacial score (nSPS) is 16.3. The summed E-state index contributed by atoms with van der Waals surface area (Å²) in [5, 5.41) is 14.8. The molecule has 0 amide bonds. The average Bonchev–Trinajstić information content (AvgIpc) is 2.74. The highest BCUT2D eigenvalue weighted by molar-refractivity contribution is 7.89. The van der Waals surface area contributed by atoms with Crippen molar-refractivity contribution in [2.75, 3.05) is 51.3 Å². The van der Waals surface area contributed by atoms with Crippen molar-refractivity contribution in [1.82, 2.24) is 9.21 Å². The van der Waals surface area contributed by atoms with E-state index in [1.54, 1.807) is 0 Å². The Morgan fingerprint density at radius 3 is 2.39 bits per heavy atom. The molecule has 10 heteroatoms. The van der Waals surface area contributed by atoms with Gasteiger partial charge in [-0.2, -0.15) is 4.31 Å². The minimum atomic E-state index is -3.82. The van der Waals surface area contributed by atoms with Crippen LogP contribution in [0.25, 0.3) is 0 Å². The maximum atomic E-state index is 12.9. The first-order chi connectivity index (χ1) is 14.7. The molecule has 2 rings (SSSR count). The Morgan fingerprint density at radius 1 is 1.26 bits per heavy atom. The number of rotatable bonds is 12. The zero-order chi connectivity index (χ0) is 23.0. The van der Waals surface area contributed by atoms with Gasteiger partial charge in [-0.1, -0.05) is 26.0 Å². The van der Waals surface area contributed by atoms with Gasteiger partial charge < -0.3 is 10.1 Å². The first-order valence-electron chi connectivity index (χ1n) is 10.3. The van der Waals surface area contributed by atoms with Gasteiger partial charge in [0.15, 0.2) is 0 Å². The van der Waals surface area contributed by atoms with Crippen LogP contribution in [0.2, 0.25) is 0 Å². The number of benzene rings is 1. The van der Waals surface area contributed by atoms with Gasteiger partial charge in [-0.05, 0) is 18.1 Å². The van der Waals surface area contributed by atoms with Crippen LogP contribution >= 0.6 is 0 Å². The number of morpholine rings is 1. The second kappa shape index (κ2) is 11.4. The second-order valence-corrected chi connectivity index (χ2v) is 9.61. The molecule has 1 aliphatic heterocycles. The topological polar surface area (TPSA) is 105 Å². The molecule has 0 spiro atoms. The Morgan fingerprint density at radius 2 is 1.87 bits per heavy atom. The van der Waals surface area contributed by atoms with Crippen molar-refractivity contribution in [3.05, 3.63) is 53.6 Å². The summed E-state index contributed by atoms with van der Waals surface area (Å²) in [6, 6.07) is 4.08. The van der Waals surface area contributed by atoms with Gasteiger partial charge in [0.2, 0.25) is 10.0 Å². The van der Waals surface area contributed by atoms with Gasteiger partial charge in [-0.3, -0.25) is 15.0 Å². The van der Waals surface area contributed by atoms with Gasteiger partial charge in [0, 0.05) is 44.8 Å². The Bertz CT molecular complexity index is 872. The second-order valence-electron chi connectivity index (χ2n) is 7.68. The van der Waals surface area contributed by atoms with Crippen LogP contribution in [0.4, 0.5) is 11.4 Å². The molecule has 0 aliphatic carbocycles. The summed E-state index contributed by atoms with van der Waals surface area (Å²) in [5.74, 6) is 0.271. The third kappa shape index (κ3) is 6.36. The third-order valence-corrected chi connectivity index (χ3v) is 7.14. The number of ether oxygens (including phenoxy) is 1. The SMILES string of the molecule is C=CCN(CC=C)C(CNc1ccc(S(=O)(=O)N2CCOCC2)cc1[N+](=O)[O-])C(C)C. The molecule has 9 nitrogen and oxygen atoms in total. The van der Waals surface area contributed by atoms with E-state index in [2.05, 4.69) is 37.2 Å². The van der Waals surface area contributed by atoms with Crippen LogP contribution in [0.5, 0.6) is 0 Å². The molecular formula is C21H32N4O5S. The quantitative estimate of drug-likeness (QED) is 0.295. The number of nitrogens with zero attached hydrogens (tertiary/aromatic N) is 3. The fourth-order valence-corrected chi connectivity index (χ4v) is 5.01. The molecule has 1 aromatic carbocycles. The van der Waals surface area contributed by atoms with Crippen LogP contribution in [-0.2, 0) is 14.8 Å². The van der Waals surface area contributed by atoms with Crippen molar-refractivity contribution in [3.8, 4) is 0 Å². The van der Waals surface area contributed by atoms with Gasteiger partial charge in [-0.25, -0.2) is 8.42 Å². The summed E-state index contributed by atoms with van der Waals surface area (Å²) >= 11 is 0. The first kappa shape index (κ1) is 25.0. The van der Waals surface area contributed by atoms with E-state index in [-0.39, 0.29) is 41.3 Å². The Balaban J connectivity index is 2.27. The predicted molar refractivity (Wildman–Crippen MR) is 122 cm³/mol. The molecule has 0 radical (unpaired) electrons. The summed E-state index contributed by atoms with van der Waals surface area (Å²) in [7, 11) is -3.82. The van der Waals surface area contributed by atoms with Crippen LogP contribution in [0, 0.1) is 16.0 Å². The molecule has 0 bridgehead atoms. The first-order valence-corrected chi connectivity index (χ1v) is 11.7. The molecule has 1 fully saturated rings. The van der Waals surface area contributed by atoms with Crippen molar-refractivity contribution in [2.24, 2.45) is 5.92 Å². The zero-order valence-corrected chi connectivity index (χ0v) is 19.0. The fraction of sp³-hybridized carbons (Fsp3) is 0.524. The lowest BCUT2D eigenvalue weighted by Gasteiger charge is -2.33. The van der Waals surface area contributed by atoms with E-state index in [0.717, 1.165) is 6.07 Å². The van der Waals surface area contributed by atoms with Crippen molar-refractivity contribution < 1.29 is 18.1 Å². The maximum absolute atomic E-state index is 12.9. The molecular weight excluding hydrogens is 420 g/mol. The van der Waals surface area contributed by atoms with E-state index in [4.69, 9.17) is 4.74 Å². The highest BCUT2D eigenvalue weighted by Gasteiger charge is 2.29. The lowest BCUT2D eigenvalue weighted by molar-refractivity contribution is -0.384. The number of hydrogen-bond acceptors (Lipinski definition) is 7. The van der Waals surface area contributed by atoms with E-state index in [9.17, 15) is 18.5 Å². The van der Waals surface area contributed by atoms with Crippen LogP contribution < -0.4 is 5.32 Å². The molecule has 1 atom stereocenters. The molecule has 1 heterocycles. The summed E-state index contributed by atoms with van der Waals surface area (Å²) in [5.41, 5.74) is 0.0181. The van der Waals surface area contributed by atoms with Crippen LogP contribution in [0.3, 0.4) is 0 Å². The highest BCUT2D eigenvalue weighted by Crippen LogP contribution is 2.29. The monoisotopic (exact) mass is 452 g/mol. The summed E-state index contributed by atoms with van der Waals surface area (Å²) in [6.07, 6.45) is 3.62. The number of nitro groups is 1. The van der Waals surface area contributed by atoms with Gasteiger partial charge in [-0.15, -0.1) is 13.2 Å². The summed E-state index contributed by atoms with van der Waals surface area (Å²) in [4.78, 5) is 13.2. The van der Waals surface area contributed by atoms with Gasteiger partial charge in [0.1, 0.15) is 5.69 Å². The Hall–Kier alpha value is -2.27. The number of sulfonamides is 1. The molecule has 1 aromatic rings. The average molecular weight is 453 g/mol. The fourth-order valence-electron chi connectivity index (χ4n) is 3.59. The number of anilines is 1. The van der Waals surface area contributed by atoms with E-state index >= 15 is 0 Å². The van der Waals surface area contributed by atoms with Gasteiger partial charge in [0.05, 0.1) is 23.0 Å². The van der Waals surface area contributed by atoms with E-state index in [1.807, 2.05) is 12.2 Å². The Kier molecular flexibility index (Phi) is 9.17. The number of nitrogens with one attached hydrogen (secondary N) is 1. The van der Waals surface area contributed by atoms with Gasteiger partial charge in [0.25, 0.3) is 5.69 Å². The van der Waals surface area contributed by atoms with Crippen molar-refractivity contribution in [1.29, 1.82) is 0 Å². The third-order valence-electron chi connectivity index (χ3n) is 5.24. The summed E-state index contributed by atoms with van der Waals surface area (Å²) in [6.45, 7) is 14.6. The van der Waals surface area contributed by atoms with Gasteiger partial charge >= 0.3 is 0 Å². The standard InChI is InChI=1S/C21H32N4O5S/c1-5-9-23(10-6-2)21(17(3)4)16-22-19-8-7-18(15-20(19)25(26)27)31(28,29)24-11-13-30-14-12-24/h5-8,15,17,21-22H,1-2,9-14,16H2,3-4H3. The molecule has 172 valence electrons. The van der Waals surface area contributed by atoms with E-state index in [0.29, 0.717) is 32.8 Å². The van der Waals surface area contributed by atoms with Crippen LogP contribution in [0.15, 0.2) is 48.4 Å². The molecule has 1 N–H and O–H groups in total.